The molecule has 1 saturated heterocycles. The highest BCUT2D eigenvalue weighted by molar-refractivity contribution is 5.85. The van der Waals surface area contributed by atoms with Crippen molar-refractivity contribution in [2.24, 2.45) is 5.92 Å². The van der Waals surface area contributed by atoms with Crippen LogP contribution in [0, 0.1) is 5.92 Å². The summed E-state index contributed by atoms with van der Waals surface area (Å²) in [4.78, 5) is 0. The zero-order chi connectivity index (χ0) is 5.98. The molecular formula is C7H16ClN. The molecule has 1 N–H and O–H groups in total. The summed E-state index contributed by atoms with van der Waals surface area (Å²) < 4.78 is 0. The van der Waals surface area contributed by atoms with Crippen LogP contribution in [0.25, 0.3) is 0 Å². The summed E-state index contributed by atoms with van der Waals surface area (Å²) in [6.07, 6.45) is 2.73. The van der Waals surface area contributed by atoms with E-state index in [9.17, 15) is 0 Å². The Hall–Kier alpha value is 0.250. The molecule has 9 heavy (non-hydrogen) atoms. The number of piperidine rings is 1. The molecule has 1 rings (SSSR count). The zero-order valence-electron chi connectivity index (χ0n) is 6.18. The number of hydrogen-bond acceptors (Lipinski definition) is 1. The lowest BCUT2D eigenvalue weighted by atomic mass is 9.96. The van der Waals surface area contributed by atoms with Crippen LogP contribution in [0.15, 0.2) is 0 Å². The van der Waals surface area contributed by atoms with Crippen molar-refractivity contribution in [3.63, 3.8) is 0 Å². The van der Waals surface area contributed by atoms with Crippen LogP contribution < -0.4 is 5.32 Å². The molecule has 1 aliphatic rings. The Bertz CT molecular complexity index is 67.3. The standard InChI is InChI=1S/C7H15N.ClH/c1-6-3-4-8-7(2)5-6;/h6-8H,3-5H2,1-2H3;1H/t6-,7-;/m1./s1. The van der Waals surface area contributed by atoms with Crippen molar-refractivity contribution in [1.82, 2.24) is 5.32 Å². The van der Waals surface area contributed by atoms with E-state index in [1.54, 1.807) is 0 Å². The quantitative estimate of drug-likeness (QED) is 0.554. The molecule has 0 aromatic rings. The Morgan fingerprint density at radius 2 is 2.00 bits per heavy atom. The van der Waals surface area contributed by atoms with Gasteiger partial charge in [0.2, 0.25) is 0 Å². The average molecular weight is 150 g/mol. The molecule has 0 aliphatic carbocycles. The van der Waals surface area contributed by atoms with Gasteiger partial charge in [-0.15, -0.1) is 12.4 Å². The third-order valence-electron chi connectivity index (χ3n) is 1.89. The lowest BCUT2D eigenvalue weighted by molar-refractivity contribution is 0.336. The molecule has 0 spiro atoms. The van der Waals surface area contributed by atoms with E-state index < -0.39 is 0 Å². The minimum absolute atomic E-state index is 0. The Morgan fingerprint density at radius 1 is 1.33 bits per heavy atom. The van der Waals surface area contributed by atoms with Crippen LogP contribution in [0.5, 0.6) is 0 Å². The predicted molar refractivity (Wildman–Crippen MR) is 43.1 cm³/mol. The van der Waals surface area contributed by atoms with Crippen molar-refractivity contribution >= 4 is 12.4 Å². The van der Waals surface area contributed by atoms with Gasteiger partial charge in [-0.3, -0.25) is 0 Å². The smallest absolute Gasteiger partial charge is 0.00412 e. The molecule has 0 unspecified atom stereocenters. The van der Waals surface area contributed by atoms with Crippen molar-refractivity contribution < 1.29 is 0 Å². The van der Waals surface area contributed by atoms with E-state index in [1.807, 2.05) is 0 Å². The number of hydrogen-bond donors (Lipinski definition) is 1. The first kappa shape index (κ1) is 9.25. The van der Waals surface area contributed by atoms with Crippen LogP contribution in [-0.4, -0.2) is 12.6 Å². The third kappa shape index (κ3) is 3.07. The second kappa shape index (κ2) is 4.13. The Balaban J connectivity index is 0.000000640. The average Bonchev–Trinajstić information content (AvgIpc) is 1.64. The number of halogens is 1. The molecule has 0 aromatic carbocycles. The molecule has 1 heterocycles. The highest BCUT2D eigenvalue weighted by atomic mass is 35.5. The van der Waals surface area contributed by atoms with Gasteiger partial charge in [0.25, 0.3) is 0 Å². The first-order valence-electron chi connectivity index (χ1n) is 3.52. The Morgan fingerprint density at radius 3 is 2.33 bits per heavy atom. The normalized spacial score (nSPS) is 35.3. The summed E-state index contributed by atoms with van der Waals surface area (Å²) in [7, 11) is 0. The fraction of sp³-hybridized carbons (Fsp3) is 1.00. The van der Waals surface area contributed by atoms with Crippen molar-refractivity contribution in [2.75, 3.05) is 6.54 Å². The van der Waals surface area contributed by atoms with Gasteiger partial charge in [0.15, 0.2) is 0 Å². The van der Waals surface area contributed by atoms with Crippen LogP contribution in [0.4, 0.5) is 0 Å². The largest absolute Gasteiger partial charge is 0.314 e. The Labute approximate surface area is 63.6 Å². The van der Waals surface area contributed by atoms with Crippen molar-refractivity contribution in [2.45, 2.75) is 32.7 Å². The molecule has 1 aliphatic heterocycles. The maximum Gasteiger partial charge on any atom is 0.00412 e. The van der Waals surface area contributed by atoms with Gasteiger partial charge in [-0.2, -0.15) is 0 Å². The van der Waals surface area contributed by atoms with Crippen LogP contribution in [0.1, 0.15) is 26.7 Å². The van der Waals surface area contributed by atoms with Gasteiger partial charge in [0, 0.05) is 6.04 Å². The molecule has 2 heteroatoms. The molecule has 1 nitrogen and oxygen atoms in total. The number of nitrogens with one attached hydrogen (secondary N) is 1. The first-order chi connectivity index (χ1) is 3.79. The van der Waals surface area contributed by atoms with Gasteiger partial charge in [-0.1, -0.05) is 6.92 Å². The van der Waals surface area contributed by atoms with E-state index in [-0.39, 0.29) is 12.4 Å². The topological polar surface area (TPSA) is 12.0 Å². The van der Waals surface area contributed by atoms with Gasteiger partial charge >= 0.3 is 0 Å². The minimum atomic E-state index is 0. The molecule has 0 amide bonds. The van der Waals surface area contributed by atoms with Gasteiger partial charge < -0.3 is 5.32 Å². The molecule has 0 saturated carbocycles. The Kier molecular flexibility index (Phi) is 4.24. The summed E-state index contributed by atoms with van der Waals surface area (Å²) in [6.45, 7) is 5.81. The van der Waals surface area contributed by atoms with Crippen molar-refractivity contribution in [3.8, 4) is 0 Å². The highest BCUT2D eigenvalue weighted by Gasteiger charge is 2.12. The van der Waals surface area contributed by atoms with Crippen LogP contribution in [-0.2, 0) is 0 Å². The fourth-order valence-electron chi connectivity index (χ4n) is 1.38. The van der Waals surface area contributed by atoms with Crippen molar-refractivity contribution in [1.29, 1.82) is 0 Å². The molecular weight excluding hydrogens is 134 g/mol. The van der Waals surface area contributed by atoms with Gasteiger partial charge in [0.1, 0.15) is 0 Å². The van der Waals surface area contributed by atoms with E-state index in [1.165, 1.54) is 19.4 Å². The lowest BCUT2D eigenvalue weighted by Gasteiger charge is -2.24. The van der Waals surface area contributed by atoms with Crippen LogP contribution in [0.3, 0.4) is 0 Å². The monoisotopic (exact) mass is 149 g/mol. The summed E-state index contributed by atoms with van der Waals surface area (Å²) in [5.41, 5.74) is 0. The zero-order valence-corrected chi connectivity index (χ0v) is 7.00. The van der Waals surface area contributed by atoms with E-state index in [4.69, 9.17) is 0 Å². The molecule has 0 aromatic heterocycles. The molecule has 0 bridgehead atoms. The maximum atomic E-state index is 3.41. The molecule has 56 valence electrons. The van der Waals surface area contributed by atoms with Crippen LogP contribution in [0.2, 0.25) is 0 Å². The second-order valence-corrected chi connectivity index (χ2v) is 2.98. The summed E-state index contributed by atoms with van der Waals surface area (Å²) in [5, 5.41) is 3.41. The van der Waals surface area contributed by atoms with E-state index in [0.29, 0.717) is 0 Å². The fourth-order valence-corrected chi connectivity index (χ4v) is 1.38. The minimum Gasteiger partial charge on any atom is -0.314 e. The second-order valence-electron chi connectivity index (χ2n) is 2.98. The first-order valence-corrected chi connectivity index (χ1v) is 3.52. The van der Waals surface area contributed by atoms with E-state index in [0.717, 1.165) is 12.0 Å². The highest BCUT2D eigenvalue weighted by Crippen LogP contribution is 2.13. The van der Waals surface area contributed by atoms with Crippen molar-refractivity contribution in [3.05, 3.63) is 0 Å². The van der Waals surface area contributed by atoms with E-state index >= 15 is 0 Å². The predicted octanol–water partition coefficient (Wildman–Crippen LogP) is 1.82. The van der Waals surface area contributed by atoms with Crippen LogP contribution >= 0.6 is 12.4 Å². The summed E-state index contributed by atoms with van der Waals surface area (Å²) in [5.74, 6) is 0.950. The summed E-state index contributed by atoms with van der Waals surface area (Å²) >= 11 is 0. The lowest BCUT2D eigenvalue weighted by Crippen LogP contribution is -2.34. The number of rotatable bonds is 0. The molecule has 0 radical (unpaired) electrons. The molecule has 1 fully saturated rings. The van der Waals surface area contributed by atoms with Gasteiger partial charge in [-0.25, -0.2) is 0 Å². The third-order valence-corrected chi connectivity index (χ3v) is 1.89. The SMILES string of the molecule is C[C@@H]1CCN[C@H](C)C1.Cl. The summed E-state index contributed by atoms with van der Waals surface area (Å²) in [6, 6.07) is 0.763. The van der Waals surface area contributed by atoms with Gasteiger partial charge in [-0.05, 0) is 32.2 Å². The van der Waals surface area contributed by atoms with Gasteiger partial charge in [0.05, 0.1) is 0 Å². The molecule has 2 atom stereocenters. The maximum absolute atomic E-state index is 3.41. The van der Waals surface area contributed by atoms with E-state index in [2.05, 4.69) is 19.2 Å².